The van der Waals surface area contributed by atoms with Crippen LogP contribution >= 0.6 is 15.9 Å². The van der Waals surface area contributed by atoms with Crippen molar-refractivity contribution in [3.63, 3.8) is 0 Å². The Bertz CT molecular complexity index is 603. The number of rotatable bonds is 2. The Hall–Kier alpha value is -1.76. The first-order valence-corrected chi connectivity index (χ1v) is 6.76. The molecule has 1 aliphatic rings. The van der Waals surface area contributed by atoms with Gasteiger partial charge in [-0.2, -0.15) is 5.10 Å². The number of nitrogens with zero attached hydrogens (tertiary/aromatic N) is 3. The smallest absolute Gasteiger partial charge is 0.274 e. The molecule has 1 aromatic rings. The number of hydrogen-bond donors (Lipinski definition) is 0. The van der Waals surface area contributed by atoms with Crippen molar-refractivity contribution in [3.8, 4) is 0 Å². The highest BCUT2D eigenvalue weighted by Crippen LogP contribution is 2.23. The maximum absolute atomic E-state index is 13.8. The van der Waals surface area contributed by atoms with Gasteiger partial charge in [0, 0.05) is 31.4 Å². The first-order chi connectivity index (χ1) is 9.40. The fourth-order valence-electron chi connectivity index (χ4n) is 1.88. The molecular formula is C13H13BrFN3O2. The van der Waals surface area contributed by atoms with Crippen LogP contribution in [-0.4, -0.2) is 36.6 Å². The largest absolute Gasteiger partial charge is 0.308 e. The van der Waals surface area contributed by atoms with E-state index in [9.17, 15) is 14.0 Å². The zero-order valence-corrected chi connectivity index (χ0v) is 12.6. The van der Waals surface area contributed by atoms with Crippen molar-refractivity contribution < 1.29 is 14.0 Å². The number of amides is 2. The predicted octanol–water partition coefficient (Wildman–Crippen LogP) is 2.16. The van der Waals surface area contributed by atoms with Gasteiger partial charge in [-0.1, -0.05) is 15.9 Å². The van der Waals surface area contributed by atoms with Gasteiger partial charge in [0.1, 0.15) is 11.5 Å². The highest BCUT2D eigenvalue weighted by Gasteiger charge is 2.26. The van der Waals surface area contributed by atoms with Crippen LogP contribution < -0.4 is 4.90 Å². The summed E-state index contributed by atoms with van der Waals surface area (Å²) in [5.74, 6) is -1.05. The molecule has 0 bridgehead atoms. The van der Waals surface area contributed by atoms with Crippen LogP contribution in [0.2, 0.25) is 0 Å². The van der Waals surface area contributed by atoms with Crippen LogP contribution in [0.5, 0.6) is 0 Å². The molecule has 106 valence electrons. The predicted molar refractivity (Wildman–Crippen MR) is 76.9 cm³/mol. The molecule has 0 spiro atoms. The standard InChI is InChI=1S/C13H13BrFN3O2/c1-17(11-5-3-8(14)7-9(11)15)13(20)10-4-6-12(19)18(2)16-10/h3,5,7H,4,6H2,1-2H3. The lowest BCUT2D eigenvalue weighted by Gasteiger charge is -2.23. The Balaban J connectivity index is 2.25. The molecule has 0 fully saturated rings. The van der Waals surface area contributed by atoms with E-state index < -0.39 is 11.7 Å². The summed E-state index contributed by atoms with van der Waals surface area (Å²) in [4.78, 5) is 24.8. The molecule has 0 atom stereocenters. The molecule has 0 saturated heterocycles. The number of carbonyl (C=O) groups is 2. The Morgan fingerprint density at radius 3 is 2.75 bits per heavy atom. The molecule has 0 aromatic heterocycles. The van der Waals surface area contributed by atoms with Gasteiger partial charge < -0.3 is 4.90 Å². The van der Waals surface area contributed by atoms with Gasteiger partial charge >= 0.3 is 0 Å². The summed E-state index contributed by atoms with van der Waals surface area (Å²) in [6, 6.07) is 4.45. The van der Waals surface area contributed by atoms with E-state index in [0.717, 1.165) is 5.01 Å². The molecule has 20 heavy (non-hydrogen) atoms. The minimum Gasteiger partial charge on any atom is -0.308 e. The van der Waals surface area contributed by atoms with E-state index in [0.29, 0.717) is 4.47 Å². The molecule has 1 aliphatic heterocycles. The molecule has 0 saturated carbocycles. The molecule has 7 heteroatoms. The number of halogens is 2. The van der Waals surface area contributed by atoms with Crippen molar-refractivity contribution in [2.75, 3.05) is 19.0 Å². The third-order valence-corrected chi connectivity index (χ3v) is 3.52. The lowest BCUT2D eigenvalue weighted by Crippen LogP contribution is -2.39. The summed E-state index contributed by atoms with van der Waals surface area (Å²) in [6.07, 6.45) is 0.502. The first-order valence-electron chi connectivity index (χ1n) is 5.97. The van der Waals surface area contributed by atoms with Crippen LogP contribution in [0, 0.1) is 5.82 Å². The fraction of sp³-hybridized carbons (Fsp3) is 0.308. The molecule has 1 heterocycles. The van der Waals surface area contributed by atoms with Crippen LogP contribution in [0.1, 0.15) is 12.8 Å². The minimum absolute atomic E-state index is 0.140. The molecule has 5 nitrogen and oxygen atoms in total. The Morgan fingerprint density at radius 2 is 2.15 bits per heavy atom. The highest BCUT2D eigenvalue weighted by atomic mass is 79.9. The molecule has 0 aliphatic carbocycles. The molecule has 1 aromatic carbocycles. The fourth-order valence-corrected chi connectivity index (χ4v) is 2.21. The number of benzene rings is 1. The van der Waals surface area contributed by atoms with Crippen molar-refractivity contribution in [2.45, 2.75) is 12.8 Å². The van der Waals surface area contributed by atoms with Gasteiger partial charge in [0.05, 0.1) is 5.69 Å². The first kappa shape index (κ1) is 14.6. The van der Waals surface area contributed by atoms with Gasteiger partial charge in [-0.3, -0.25) is 9.59 Å². The Kier molecular flexibility index (Phi) is 4.17. The Morgan fingerprint density at radius 1 is 1.45 bits per heavy atom. The van der Waals surface area contributed by atoms with E-state index >= 15 is 0 Å². The molecule has 2 rings (SSSR count). The lowest BCUT2D eigenvalue weighted by molar-refractivity contribution is -0.130. The quantitative estimate of drug-likeness (QED) is 0.827. The van der Waals surface area contributed by atoms with Crippen molar-refractivity contribution in [3.05, 3.63) is 28.5 Å². The monoisotopic (exact) mass is 341 g/mol. The van der Waals surface area contributed by atoms with E-state index in [1.54, 1.807) is 6.07 Å². The van der Waals surface area contributed by atoms with Crippen LogP contribution in [0.25, 0.3) is 0 Å². The summed E-state index contributed by atoms with van der Waals surface area (Å²) in [6.45, 7) is 0. The van der Waals surface area contributed by atoms with Gasteiger partial charge in [-0.15, -0.1) is 0 Å². The average Bonchev–Trinajstić information content (AvgIpc) is 2.40. The summed E-state index contributed by atoms with van der Waals surface area (Å²) < 4.78 is 14.4. The third kappa shape index (κ3) is 2.87. The summed E-state index contributed by atoms with van der Waals surface area (Å²) in [5, 5.41) is 5.08. The molecular weight excluding hydrogens is 329 g/mol. The maximum atomic E-state index is 13.8. The van der Waals surface area contributed by atoms with Crippen molar-refractivity contribution in [1.82, 2.24) is 5.01 Å². The van der Waals surface area contributed by atoms with Gasteiger partial charge in [0.25, 0.3) is 5.91 Å². The molecule has 0 unspecified atom stereocenters. The number of carbonyl (C=O) groups excluding carboxylic acids is 2. The zero-order chi connectivity index (χ0) is 14.9. The van der Waals surface area contributed by atoms with Crippen molar-refractivity contribution >= 4 is 39.1 Å². The summed E-state index contributed by atoms with van der Waals surface area (Å²) >= 11 is 3.16. The Labute approximate surface area is 124 Å². The van der Waals surface area contributed by atoms with Gasteiger partial charge in [-0.05, 0) is 18.2 Å². The van der Waals surface area contributed by atoms with Crippen molar-refractivity contribution in [2.24, 2.45) is 5.10 Å². The van der Waals surface area contributed by atoms with Crippen LogP contribution in [0.3, 0.4) is 0 Å². The van der Waals surface area contributed by atoms with Crippen LogP contribution in [-0.2, 0) is 9.59 Å². The number of hydrogen-bond acceptors (Lipinski definition) is 3. The molecule has 0 N–H and O–H groups in total. The van der Waals surface area contributed by atoms with E-state index in [1.165, 1.54) is 31.1 Å². The normalized spacial score (nSPS) is 15.1. The third-order valence-electron chi connectivity index (χ3n) is 3.03. The topological polar surface area (TPSA) is 53.0 Å². The summed E-state index contributed by atoms with van der Waals surface area (Å²) in [5.41, 5.74) is 0.414. The van der Waals surface area contributed by atoms with E-state index in [1.807, 2.05) is 0 Å². The maximum Gasteiger partial charge on any atom is 0.274 e. The number of hydrazone groups is 1. The van der Waals surface area contributed by atoms with E-state index in [2.05, 4.69) is 21.0 Å². The second kappa shape index (κ2) is 5.70. The van der Waals surface area contributed by atoms with Crippen LogP contribution in [0.4, 0.5) is 10.1 Å². The zero-order valence-electron chi connectivity index (χ0n) is 11.1. The van der Waals surface area contributed by atoms with E-state index in [-0.39, 0.29) is 30.1 Å². The highest BCUT2D eigenvalue weighted by molar-refractivity contribution is 9.10. The van der Waals surface area contributed by atoms with E-state index in [4.69, 9.17) is 0 Å². The lowest BCUT2D eigenvalue weighted by atomic mass is 10.1. The van der Waals surface area contributed by atoms with Gasteiger partial charge in [0.15, 0.2) is 0 Å². The minimum atomic E-state index is -0.504. The molecule has 0 radical (unpaired) electrons. The molecule has 2 amide bonds. The van der Waals surface area contributed by atoms with Crippen molar-refractivity contribution in [1.29, 1.82) is 0 Å². The average molecular weight is 342 g/mol. The van der Waals surface area contributed by atoms with Crippen LogP contribution in [0.15, 0.2) is 27.8 Å². The van der Waals surface area contributed by atoms with Gasteiger partial charge in [0.2, 0.25) is 5.91 Å². The van der Waals surface area contributed by atoms with Gasteiger partial charge in [-0.25, -0.2) is 9.40 Å². The SMILES string of the molecule is CN1N=C(C(=O)N(C)c2ccc(Br)cc2F)CCC1=O. The number of anilines is 1. The second-order valence-electron chi connectivity index (χ2n) is 4.42. The summed E-state index contributed by atoms with van der Waals surface area (Å²) in [7, 11) is 2.97. The second-order valence-corrected chi connectivity index (χ2v) is 5.34.